The molecule has 1 aliphatic rings. The average Bonchev–Trinajstić information content (AvgIpc) is 2.83. The summed E-state index contributed by atoms with van der Waals surface area (Å²) in [5.74, 6) is 0.606. The van der Waals surface area contributed by atoms with Crippen LogP contribution in [0.25, 0.3) is 0 Å². The molecule has 1 fully saturated rings. The summed E-state index contributed by atoms with van der Waals surface area (Å²) in [6.45, 7) is 3.27. The lowest BCUT2D eigenvalue weighted by Gasteiger charge is -2.26. The highest BCUT2D eigenvalue weighted by Crippen LogP contribution is 2.17. The van der Waals surface area contributed by atoms with Crippen molar-refractivity contribution in [1.29, 1.82) is 0 Å². The lowest BCUT2D eigenvalue weighted by Crippen LogP contribution is -2.40. The van der Waals surface area contributed by atoms with Gasteiger partial charge in [0.15, 0.2) is 5.82 Å². The number of tetrazole rings is 1. The highest BCUT2D eigenvalue weighted by atomic mass is 16.5. The normalized spacial score (nSPS) is 19.4. The van der Waals surface area contributed by atoms with Gasteiger partial charge >= 0.3 is 0 Å². The number of hydrogen-bond donors (Lipinski definition) is 2. The van der Waals surface area contributed by atoms with Gasteiger partial charge in [-0.2, -0.15) is 5.21 Å². The molecule has 0 amide bonds. The van der Waals surface area contributed by atoms with Gasteiger partial charge < -0.3 is 10.1 Å². The molecule has 6 nitrogen and oxygen atoms in total. The third-order valence-electron chi connectivity index (χ3n) is 3.11. The molecule has 0 radical (unpaired) electrons. The van der Waals surface area contributed by atoms with Gasteiger partial charge in [0.2, 0.25) is 0 Å². The van der Waals surface area contributed by atoms with Crippen LogP contribution in [-0.4, -0.2) is 39.3 Å². The molecule has 0 aliphatic heterocycles. The number of ether oxygens (including phenoxy) is 1. The highest BCUT2D eigenvalue weighted by Gasteiger charge is 2.15. The highest BCUT2D eigenvalue weighted by molar-refractivity contribution is 4.76. The maximum absolute atomic E-state index is 5.53. The van der Waals surface area contributed by atoms with Crippen LogP contribution in [0.1, 0.15) is 44.9 Å². The summed E-state index contributed by atoms with van der Waals surface area (Å²) in [4.78, 5) is 0. The van der Waals surface area contributed by atoms with E-state index in [-0.39, 0.29) is 0 Å². The number of aromatic amines is 1. The zero-order valence-electron chi connectivity index (χ0n) is 10.4. The Morgan fingerprint density at radius 3 is 2.94 bits per heavy atom. The van der Waals surface area contributed by atoms with Crippen molar-refractivity contribution in [2.24, 2.45) is 0 Å². The molecule has 1 aromatic rings. The Kier molecular flexibility index (Phi) is 4.88. The molecule has 1 saturated carbocycles. The van der Waals surface area contributed by atoms with Crippen LogP contribution < -0.4 is 5.32 Å². The molecule has 1 aromatic heterocycles. The molecule has 2 rings (SSSR count). The second-order valence-electron chi connectivity index (χ2n) is 4.75. The molecule has 96 valence electrons. The number of nitrogens with one attached hydrogen (secondary N) is 2. The van der Waals surface area contributed by atoms with Crippen molar-refractivity contribution in [3.63, 3.8) is 0 Å². The largest absolute Gasteiger partial charge is 0.372 e. The van der Waals surface area contributed by atoms with Crippen LogP contribution in [0.2, 0.25) is 0 Å². The van der Waals surface area contributed by atoms with Crippen LogP contribution in [0.3, 0.4) is 0 Å². The van der Waals surface area contributed by atoms with E-state index in [9.17, 15) is 0 Å². The summed E-state index contributed by atoms with van der Waals surface area (Å²) in [6, 6.07) is 1.05. The van der Waals surface area contributed by atoms with Crippen LogP contribution in [0.15, 0.2) is 0 Å². The van der Waals surface area contributed by atoms with Crippen molar-refractivity contribution >= 4 is 0 Å². The van der Waals surface area contributed by atoms with E-state index < -0.39 is 0 Å². The van der Waals surface area contributed by atoms with E-state index in [1.54, 1.807) is 0 Å². The molecule has 17 heavy (non-hydrogen) atoms. The van der Waals surface area contributed by atoms with Crippen molar-refractivity contribution < 1.29 is 4.74 Å². The van der Waals surface area contributed by atoms with Crippen LogP contribution in [-0.2, 0) is 11.3 Å². The zero-order valence-corrected chi connectivity index (χ0v) is 10.4. The van der Waals surface area contributed by atoms with Gasteiger partial charge in [-0.05, 0) is 19.8 Å². The van der Waals surface area contributed by atoms with E-state index in [4.69, 9.17) is 4.74 Å². The SMILES string of the molecule is CC(COCc1nn[nH]n1)NC1CCCCC1. The van der Waals surface area contributed by atoms with Gasteiger partial charge in [-0.1, -0.05) is 24.5 Å². The Balaban J connectivity index is 1.58. The van der Waals surface area contributed by atoms with E-state index in [0.717, 1.165) is 0 Å². The quantitative estimate of drug-likeness (QED) is 0.775. The third-order valence-corrected chi connectivity index (χ3v) is 3.11. The van der Waals surface area contributed by atoms with E-state index in [0.29, 0.717) is 31.1 Å². The molecule has 6 heteroatoms. The third kappa shape index (κ3) is 4.40. The summed E-state index contributed by atoms with van der Waals surface area (Å²) in [5.41, 5.74) is 0. The van der Waals surface area contributed by atoms with Crippen LogP contribution in [0.5, 0.6) is 0 Å². The first-order valence-electron chi connectivity index (χ1n) is 6.40. The van der Waals surface area contributed by atoms with Gasteiger partial charge in [-0.3, -0.25) is 0 Å². The minimum absolute atomic E-state index is 0.380. The van der Waals surface area contributed by atoms with Crippen molar-refractivity contribution in [3.8, 4) is 0 Å². The Labute approximate surface area is 102 Å². The first-order valence-corrected chi connectivity index (χ1v) is 6.40. The number of aromatic nitrogens is 4. The van der Waals surface area contributed by atoms with Crippen LogP contribution in [0.4, 0.5) is 0 Å². The Hall–Kier alpha value is -1.01. The van der Waals surface area contributed by atoms with Crippen LogP contribution in [0, 0.1) is 0 Å². The maximum Gasteiger partial charge on any atom is 0.200 e. The Bertz CT molecular complexity index is 297. The van der Waals surface area contributed by atoms with Gasteiger partial charge in [0, 0.05) is 12.1 Å². The first kappa shape index (κ1) is 12.4. The Morgan fingerprint density at radius 1 is 1.41 bits per heavy atom. The minimum atomic E-state index is 0.380. The predicted octanol–water partition coefficient (Wildman–Crippen LogP) is 1.03. The molecule has 0 saturated heterocycles. The second-order valence-corrected chi connectivity index (χ2v) is 4.75. The fraction of sp³-hybridized carbons (Fsp3) is 0.909. The standard InChI is InChI=1S/C11H21N5O/c1-9(12-10-5-3-2-4-6-10)7-17-8-11-13-15-16-14-11/h9-10,12H,2-8H2,1H3,(H,13,14,15,16). The van der Waals surface area contributed by atoms with Gasteiger partial charge in [-0.15, -0.1) is 10.2 Å². The van der Waals surface area contributed by atoms with Gasteiger partial charge in [0.05, 0.1) is 6.61 Å². The van der Waals surface area contributed by atoms with Gasteiger partial charge in [-0.25, -0.2) is 0 Å². The fourth-order valence-corrected chi connectivity index (χ4v) is 2.29. The molecule has 0 aromatic carbocycles. The monoisotopic (exact) mass is 239 g/mol. The lowest BCUT2D eigenvalue weighted by atomic mass is 9.95. The van der Waals surface area contributed by atoms with Crippen molar-refractivity contribution in [2.75, 3.05) is 6.61 Å². The maximum atomic E-state index is 5.53. The number of nitrogens with zero attached hydrogens (tertiary/aromatic N) is 3. The van der Waals surface area contributed by atoms with Crippen LogP contribution >= 0.6 is 0 Å². The van der Waals surface area contributed by atoms with E-state index >= 15 is 0 Å². The topological polar surface area (TPSA) is 75.7 Å². The summed E-state index contributed by atoms with van der Waals surface area (Å²) in [7, 11) is 0. The number of rotatable bonds is 6. The molecule has 0 spiro atoms. The molecular weight excluding hydrogens is 218 g/mol. The summed E-state index contributed by atoms with van der Waals surface area (Å²) in [6.07, 6.45) is 6.70. The molecular formula is C11H21N5O. The van der Waals surface area contributed by atoms with E-state index in [2.05, 4.69) is 32.9 Å². The summed E-state index contributed by atoms with van der Waals surface area (Å²) in [5, 5.41) is 17.2. The molecule has 2 N–H and O–H groups in total. The Morgan fingerprint density at radius 2 is 2.24 bits per heavy atom. The average molecular weight is 239 g/mol. The van der Waals surface area contributed by atoms with E-state index in [1.165, 1.54) is 32.1 Å². The molecule has 1 atom stereocenters. The molecule has 1 aliphatic carbocycles. The number of H-pyrrole nitrogens is 1. The minimum Gasteiger partial charge on any atom is -0.372 e. The lowest BCUT2D eigenvalue weighted by molar-refractivity contribution is 0.0929. The van der Waals surface area contributed by atoms with Gasteiger partial charge in [0.1, 0.15) is 6.61 Å². The molecule has 1 unspecified atom stereocenters. The summed E-state index contributed by atoms with van der Waals surface area (Å²) < 4.78 is 5.53. The molecule has 0 bridgehead atoms. The van der Waals surface area contributed by atoms with Gasteiger partial charge in [0.25, 0.3) is 0 Å². The van der Waals surface area contributed by atoms with Crippen molar-refractivity contribution in [1.82, 2.24) is 25.9 Å². The summed E-state index contributed by atoms with van der Waals surface area (Å²) >= 11 is 0. The molecule has 1 heterocycles. The predicted molar refractivity (Wildman–Crippen MR) is 63.3 cm³/mol. The zero-order chi connectivity index (χ0) is 11.9. The van der Waals surface area contributed by atoms with Crippen molar-refractivity contribution in [3.05, 3.63) is 5.82 Å². The number of hydrogen-bond acceptors (Lipinski definition) is 5. The van der Waals surface area contributed by atoms with Crippen molar-refractivity contribution in [2.45, 2.75) is 57.7 Å². The first-order chi connectivity index (χ1) is 8.34. The second kappa shape index (κ2) is 6.66. The smallest absolute Gasteiger partial charge is 0.200 e. The van der Waals surface area contributed by atoms with E-state index in [1.807, 2.05) is 0 Å². The fourth-order valence-electron chi connectivity index (χ4n) is 2.29.